The first-order valence-electron chi connectivity index (χ1n) is 4.81. The molecule has 0 N–H and O–H groups in total. The molecule has 0 spiro atoms. The number of hydrogen-bond acceptors (Lipinski definition) is 2. The summed E-state index contributed by atoms with van der Waals surface area (Å²) in [5, 5.41) is 0. The molecule has 0 atom stereocenters. The van der Waals surface area contributed by atoms with Gasteiger partial charge in [0.25, 0.3) is 5.91 Å². The van der Waals surface area contributed by atoms with Crippen LogP contribution in [0.3, 0.4) is 0 Å². The van der Waals surface area contributed by atoms with Crippen molar-refractivity contribution in [3.8, 4) is 0 Å². The first-order chi connectivity index (χ1) is 6.54. The van der Waals surface area contributed by atoms with E-state index in [-0.39, 0.29) is 5.91 Å². The maximum atomic E-state index is 11.8. The molecule has 0 rings (SSSR count). The molecule has 1 amide bonds. The van der Waals surface area contributed by atoms with E-state index >= 15 is 0 Å². The third kappa shape index (κ3) is 3.64. The average molecular weight is 196 g/mol. The Morgan fingerprint density at radius 3 is 2.36 bits per heavy atom. The Bertz CT molecular complexity index is 221. The molecule has 14 heavy (non-hydrogen) atoms. The van der Waals surface area contributed by atoms with Gasteiger partial charge >= 0.3 is 0 Å². The van der Waals surface area contributed by atoms with Crippen molar-refractivity contribution in [2.75, 3.05) is 27.2 Å². The Hall–Kier alpha value is -1.25. The van der Waals surface area contributed by atoms with E-state index in [0.29, 0.717) is 12.2 Å². The van der Waals surface area contributed by atoms with Crippen LogP contribution in [0, 0.1) is 0 Å². The molecule has 0 aliphatic carbocycles. The summed E-state index contributed by atoms with van der Waals surface area (Å²) in [5.74, 6) is -0.0169. The summed E-state index contributed by atoms with van der Waals surface area (Å²) in [6, 6.07) is 0. The van der Waals surface area contributed by atoms with Crippen molar-refractivity contribution in [3.05, 3.63) is 24.9 Å². The molecule has 0 aliphatic heterocycles. The van der Waals surface area contributed by atoms with E-state index in [0.717, 1.165) is 13.0 Å². The van der Waals surface area contributed by atoms with E-state index in [1.54, 1.807) is 15.9 Å². The first kappa shape index (κ1) is 12.8. The van der Waals surface area contributed by atoms with Gasteiger partial charge in [-0.1, -0.05) is 19.6 Å². The highest BCUT2D eigenvalue weighted by Gasteiger charge is 2.15. The fourth-order valence-electron chi connectivity index (χ4n) is 1.08. The third-order valence-corrected chi connectivity index (χ3v) is 1.92. The number of amides is 1. The monoisotopic (exact) mass is 196 g/mol. The van der Waals surface area contributed by atoms with Crippen LogP contribution in [-0.2, 0) is 4.79 Å². The lowest BCUT2D eigenvalue weighted by molar-refractivity contribution is -0.128. The predicted octanol–water partition coefficient (Wildman–Crippen LogP) is 1.49. The fourth-order valence-corrected chi connectivity index (χ4v) is 1.08. The van der Waals surface area contributed by atoms with E-state index in [9.17, 15) is 4.79 Å². The second-order valence-electron chi connectivity index (χ2n) is 3.38. The van der Waals surface area contributed by atoms with E-state index in [1.165, 1.54) is 0 Å². The zero-order chi connectivity index (χ0) is 11.1. The normalized spacial score (nSPS) is 9.36. The quantitative estimate of drug-likeness (QED) is 0.474. The van der Waals surface area contributed by atoms with E-state index < -0.39 is 0 Å². The van der Waals surface area contributed by atoms with Gasteiger partial charge in [0, 0.05) is 27.2 Å². The van der Waals surface area contributed by atoms with Crippen molar-refractivity contribution in [2.24, 2.45) is 0 Å². The lowest BCUT2D eigenvalue weighted by atomic mass is 10.3. The Balaban J connectivity index is 4.41. The predicted molar refractivity (Wildman–Crippen MR) is 59.9 cm³/mol. The van der Waals surface area contributed by atoms with Crippen molar-refractivity contribution in [3.63, 3.8) is 0 Å². The summed E-state index contributed by atoms with van der Waals surface area (Å²) in [6.07, 6.45) is 2.68. The maximum Gasteiger partial charge on any atom is 0.269 e. The Kier molecular flexibility index (Phi) is 5.68. The smallest absolute Gasteiger partial charge is 0.269 e. The van der Waals surface area contributed by atoms with Gasteiger partial charge in [-0.15, -0.1) is 6.58 Å². The molecule has 0 bridgehead atoms. The van der Waals surface area contributed by atoms with Crippen LogP contribution in [0.5, 0.6) is 0 Å². The molecule has 0 aromatic rings. The van der Waals surface area contributed by atoms with Crippen LogP contribution in [0.1, 0.15) is 13.3 Å². The van der Waals surface area contributed by atoms with Crippen LogP contribution >= 0.6 is 0 Å². The molecule has 0 saturated carbocycles. The summed E-state index contributed by atoms with van der Waals surface area (Å²) in [4.78, 5) is 15.3. The summed E-state index contributed by atoms with van der Waals surface area (Å²) in [5.41, 5.74) is 0.514. The third-order valence-electron chi connectivity index (χ3n) is 1.92. The van der Waals surface area contributed by atoms with Crippen molar-refractivity contribution in [1.82, 2.24) is 9.80 Å². The fraction of sp³-hybridized carbons (Fsp3) is 0.545. The van der Waals surface area contributed by atoms with Crippen LogP contribution in [0.4, 0.5) is 0 Å². The van der Waals surface area contributed by atoms with Gasteiger partial charge in [0.1, 0.15) is 0 Å². The minimum atomic E-state index is -0.0169. The van der Waals surface area contributed by atoms with Gasteiger partial charge in [-0.3, -0.25) is 4.79 Å². The van der Waals surface area contributed by atoms with Gasteiger partial charge in [-0.2, -0.15) is 0 Å². The van der Waals surface area contributed by atoms with Crippen LogP contribution < -0.4 is 0 Å². The summed E-state index contributed by atoms with van der Waals surface area (Å²) in [6.45, 7) is 10.7. The zero-order valence-corrected chi connectivity index (χ0v) is 9.42. The zero-order valence-electron chi connectivity index (χ0n) is 9.42. The van der Waals surface area contributed by atoms with Crippen molar-refractivity contribution in [1.29, 1.82) is 0 Å². The lowest BCUT2D eigenvalue weighted by Gasteiger charge is -2.24. The highest BCUT2D eigenvalue weighted by molar-refractivity contribution is 5.92. The molecule has 0 radical (unpaired) electrons. The molecule has 0 aromatic heterocycles. The Morgan fingerprint density at radius 1 is 1.43 bits per heavy atom. The molecule has 80 valence electrons. The van der Waals surface area contributed by atoms with Crippen LogP contribution in [0.2, 0.25) is 0 Å². The van der Waals surface area contributed by atoms with Gasteiger partial charge in [0.15, 0.2) is 0 Å². The number of nitrogens with zero attached hydrogens (tertiary/aromatic N) is 2. The maximum absolute atomic E-state index is 11.8. The van der Waals surface area contributed by atoms with Crippen LogP contribution in [-0.4, -0.2) is 42.9 Å². The van der Waals surface area contributed by atoms with Crippen LogP contribution in [0.25, 0.3) is 0 Å². The Morgan fingerprint density at radius 2 is 2.00 bits per heavy atom. The number of likely N-dealkylation sites (N-methyl/N-ethyl adjacent to an activating group) is 1. The molecule has 0 saturated heterocycles. The van der Waals surface area contributed by atoms with Gasteiger partial charge < -0.3 is 9.80 Å². The molecule has 3 heteroatoms. The molecule has 0 aromatic carbocycles. The van der Waals surface area contributed by atoms with Crippen LogP contribution in [0.15, 0.2) is 24.9 Å². The van der Waals surface area contributed by atoms with Crippen molar-refractivity contribution < 1.29 is 4.79 Å². The molecule has 0 fully saturated rings. The summed E-state index contributed by atoms with van der Waals surface area (Å²) >= 11 is 0. The van der Waals surface area contributed by atoms with Crippen molar-refractivity contribution >= 4 is 5.91 Å². The highest BCUT2D eigenvalue weighted by atomic mass is 16.2. The average Bonchev–Trinajstić information content (AvgIpc) is 2.15. The second kappa shape index (κ2) is 6.24. The summed E-state index contributed by atoms with van der Waals surface area (Å²) in [7, 11) is 3.64. The van der Waals surface area contributed by atoms with E-state index in [1.807, 2.05) is 21.0 Å². The van der Waals surface area contributed by atoms with Crippen molar-refractivity contribution in [2.45, 2.75) is 13.3 Å². The standard InChI is InChI=1S/C11H20N2O/c1-6-8-13(9-7-2)11(14)10(3)12(4)5/h6H,1,3,7-9H2,2,4-5H3. The molecular formula is C11H20N2O. The van der Waals surface area contributed by atoms with Gasteiger partial charge in [0.05, 0.1) is 5.70 Å². The molecule has 0 aliphatic rings. The Labute approximate surface area is 86.7 Å². The minimum absolute atomic E-state index is 0.0169. The molecule has 0 unspecified atom stereocenters. The van der Waals surface area contributed by atoms with Gasteiger partial charge in [0.2, 0.25) is 0 Å². The topological polar surface area (TPSA) is 23.6 Å². The lowest BCUT2D eigenvalue weighted by Crippen LogP contribution is -2.36. The number of carbonyl (C=O) groups excluding carboxylic acids is 1. The van der Waals surface area contributed by atoms with Gasteiger partial charge in [-0.05, 0) is 6.42 Å². The van der Waals surface area contributed by atoms with Gasteiger partial charge in [-0.25, -0.2) is 0 Å². The number of carbonyl (C=O) groups is 1. The number of rotatable bonds is 6. The summed E-state index contributed by atoms with van der Waals surface area (Å²) < 4.78 is 0. The minimum Gasteiger partial charge on any atom is -0.374 e. The second-order valence-corrected chi connectivity index (χ2v) is 3.38. The first-order valence-corrected chi connectivity index (χ1v) is 4.81. The molecule has 0 heterocycles. The molecular weight excluding hydrogens is 176 g/mol. The SMILES string of the molecule is C=CCN(CCC)C(=O)C(=C)N(C)C. The number of hydrogen-bond donors (Lipinski definition) is 0. The molecule has 3 nitrogen and oxygen atoms in total. The largest absolute Gasteiger partial charge is 0.374 e. The van der Waals surface area contributed by atoms with E-state index in [4.69, 9.17) is 0 Å². The van der Waals surface area contributed by atoms with E-state index in [2.05, 4.69) is 13.2 Å². The highest BCUT2D eigenvalue weighted by Crippen LogP contribution is 2.03.